The smallest absolute Gasteiger partial charge is 0.220 e. The van der Waals surface area contributed by atoms with E-state index in [1.54, 1.807) is 6.92 Å². The van der Waals surface area contributed by atoms with E-state index in [0.29, 0.717) is 18.7 Å². The van der Waals surface area contributed by atoms with Crippen molar-refractivity contribution in [2.75, 3.05) is 7.11 Å². The zero-order valence-electron chi connectivity index (χ0n) is 10.8. The average molecular weight is 284 g/mol. The highest BCUT2D eigenvalue weighted by molar-refractivity contribution is 6.09. The number of ketones is 1. The minimum Gasteiger partial charge on any atom is -0.493 e. The first-order valence-corrected chi connectivity index (χ1v) is 5.78. The lowest BCUT2D eigenvalue weighted by Crippen LogP contribution is -2.15. The Kier molecular flexibility index (Phi) is 3.78. The molecule has 0 aliphatic heterocycles. The van der Waals surface area contributed by atoms with Crippen molar-refractivity contribution in [1.82, 2.24) is 9.78 Å². The number of aryl methyl sites for hydroxylation is 1. The van der Waals surface area contributed by atoms with Gasteiger partial charge in [0.25, 0.3) is 0 Å². The maximum absolute atomic E-state index is 13.7. The van der Waals surface area contributed by atoms with Crippen molar-refractivity contribution in [3.8, 4) is 5.75 Å². The number of ether oxygens (including phenoxy) is 1. The van der Waals surface area contributed by atoms with Crippen molar-refractivity contribution < 1.29 is 22.7 Å². The van der Waals surface area contributed by atoms with E-state index in [0.717, 1.165) is 0 Å². The van der Waals surface area contributed by atoms with Gasteiger partial charge in [0.2, 0.25) is 5.78 Å². The summed E-state index contributed by atoms with van der Waals surface area (Å²) >= 11 is 0. The van der Waals surface area contributed by atoms with E-state index in [1.807, 2.05) is 0 Å². The van der Waals surface area contributed by atoms with Gasteiger partial charge in [-0.25, -0.2) is 13.2 Å². The van der Waals surface area contributed by atoms with E-state index in [4.69, 9.17) is 4.74 Å². The van der Waals surface area contributed by atoms with E-state index < -0.39 is 28.8 Å². The van der Waals surface area contributed by atoms with Crippen molar-refractivity contribution in [1.29, 1.82) is 0 Å². The third-order valence-corrected chi connectivity index (χ3v) is 2.77. The molecule has 4 nitrogen and oxygen atoms in total. The first-order valence-electron chi connectivity index (χ1n) is 5.78. The lowest BCUT2D eigenvalue weighted by atomic mass is 10.1. The Morgan fingerprint density at radius 2 is 1.90 bits per heavy atom. The minimum atomic E-state index is -1.27. The Morgan fingerprint density at radius 3 is 2.40 bits per heavy atom. The Labute approximate surface area is 112 Å². The van der Waals surface area contributed by atoms with Gasteiger partial charge in [0.1, 0.15) is 17.5 Å². The van der Waals surface area contributed by atoms with Crippen LogP contribution in [0.3, 0.4) is 0 Å². The second-order valence-electron chi connectivity index (χ2n) is 3.95. The first-order chi connectivity index (χ1) is 9.49. The molecule has 0 bridgehead atoms. The Hall–Kier alpha value is -2.31. The summed E-state index contributed by atoms with van der Waals surface area (Å²) in [4.78, 5) is 12.3. The van der Waals surface area contributed by atoms with Crippen LogP contribution in [0.4, 0.5) is 13.2 Å². The molecule has 7 heteroatoms. The summed E-state index contributed by atoms with van der Waals surface area (Å²) in [5, 5.41) is 3.88. The Balaban J connectivity index is 2.60. The number of rotatable bonds is 4. The zero-order valence-corrected chi connectivity index (χ0v) is 10.8. The summed E-state index contributed by atoms with van der Waals surface area (Å²) < 4.78 is 46.4. The Morgan fingerprint density at radius 1 is 1.30 bits per heavy atom. The lowest BCUT2D eigenvalue weighted by Gasteiger charge is -2.08. The van der Waals surface area contributed by atoms with Crippen LogP contribution in [0.15, 0.2) is 18.3 Å². The van der Waals surface area contributed by atoms with Crippen molar-refractivity contribution in [3.05, 3.63) is 47.0 Å². The van der Waals surface area contributed by atoms with Crippen molar-refractivity contribution in [3.63, 3.8) is 0 Å². The van der Waals surface area contributed by atoms with E-state index in [9.17, 15) is 18.0 Å². The summed E-state index contributed by atoms with van der Waals surface area (Å²) in [6.07, 6.45) is 1.27. The highest BCUT2D eigenvalue weighted by Gasteiger charge is 2.26. The van der Waals surface area contributed by atoms with Gasteiger partial charge in [-0.05, 0) is 6.92 Å². The van der Waals surface area contributed by atoms with E-state index >= 15 is 0 Å². The highest BCUT2D eigenvalue weighted by Crippen LogP contribution is 2.24. The Bertz CT molecular complexity index is 623. The number of hydrogen-bond acceptors (Lipinski definition) is 3. The molecular weight excluding hydrogens is 273 g/mol. The van der Waals surface area contributed by atoms with Gasteiger partial charge < -0.3 is 4.74 Å². The predicted molar refractivity (Wildman–Crippen MR) is 64.2 cm³/mol. The first kappa shape index (κ1) is 14.1. The van der Waals surface area contributed by atoms with Crippen molar-refractivity contribution in [2.24, 2.45) is 0 Å². The van der Waals surface area contributed by atoms with Gasteiger partial charge in [0.15, 0.2) is 11.4 Å². The molecule has 20 heavy (non-hydrogen) atoms. The molecule has 0 spiro atoms. The van der Waals surface area contributed by atoms with Crippen LogP contribution in [0.25, 0.3) is 0 Å². The number of methoxy groups -OCH3 is 1. The van der Waals surface area contributed by atoms with E-state index in [-0.39, 0.29) is 11.4 Å². The van der Waals surface area contributed by atoms with E-state index in [2.05, 4.69) is 5.10 Å². The second-order valence-corrected chi connectivity index (χ2v) is 3.95. The number of carbonyl (C=O) groups excluding carboxylic acids is 1. The second kappa shape index (κ2) is 5.36. The fourth-order valence-electron chi connectivity index (χ4n) is 1.86. The highest BCUT2D eigenvalue weighted by atomic mass is 19.1. The quantitative estimate of drug-likeness (QED) is 0.810. The maximum atomic E-state index is 13.7. The van der Waals surface area contributed by atoms with Crippen LogP contribution in [0.5, 0.6) is 5.75 Å². The molecule has 106 valence electrons. The molecular formula is C13H11F3N2O2. The van der Waals surface area contributed by atoms with E-state index in [1.165, 1.54) is 18.0 Å². The zero-order chi connectivity index (χ0) is 14.9. The molecule has 0 aliphatic carbocycles. The fraction of sp³-hybridized carbons (Fsp3) is 0.231. The van der Waals surface area contributed by atoms with Crippen LogP contribution in [-0.4, -0.2) is 22.7 Å². The molecule has 0 N–H and O–H groups in total. The molecule has 1 heterocycles. The molecule has 0 atom stereocenters. The molecule has 0 fully saturated rings. The number of aromatic nitrogens is 2. The van der Waals surface area contributed by atoms with Gasteiger partial charge in [-0.2, -0.15) is 5.10 Å². The molecule has 2 rings (SSSR count). The minimum absolute atomic E-state index is 0.0839. The van der Waals surface area contributed by atoms with Gasteiger partial charge in [0.05, 0.1) is 18.9 Å². The van der Waals surface area contributed by atoms with Gasteiger partial charge >= 0.3 is 0 Å². The number of carbonyl (C=O) groups is 1. The number of benzene rings is 1. The molecule has 2 aromatic rings. The van der Waals surface area contributed by atoms with Crippen molar-refractivity contribution in [2.45, 2.75) is 13.5 Å². The summed E-state index contributed by atoms with van der Waals surface area (Å²) in [6.45, 7) is 2.02. The normalized spacial score (nSPS) is 10.7. The largest absolute Gasteiger partial charge is 0.493 e. The third kappa shape index (κ3) is 2.26. The fourth-order valence-corrected chi connectivity index (χ4v) is 1.86. The SMILES string of the molecule is CCn1ncc(OC)c1C(=O)c1c(F)cc(F)cc1F. The van der Waals surface area contributed by atoms with Gasteiger partial charge in [-0.15, -0.1) is 0 Å². The lowest BCUT2D eigenvalue weighted by molar-refractivity contribution is 0.101. The predicted octanol–water partition coefficient (Wildman–Crippen LogP) is 2.56. The summed E-state index contributed by atoms with van der Waals surface area (Å²) in [5.74, 6) is -4.47. The van der Waals surface area contributed by atoms with Crippen LogP contribution in [0.2, 0.25) is 0 Å². The van der Waals surface area contributed by atoms with Crippen LogP contribution >= 0.6 is 0 Å². The molecule has 1 aromatic heterocycles. The van der Waals surface area contributed by atoms with Gasteiger partial charge in [0, 0.05) is 18.7 Å². The third-order valence-electron chi connectivity index (χ3n) is 2.77. The number of hydrogen-bond donors (Lipinski definition) is 0. The summed E-state index contributed by atoms with van der Waals surface area (Å²) in [5.41, 5.74) is -0.917. The molecule has 0 amide bonds. The van der Waals surface area contributed by atoms with Gasteiger partial charge in [-0.3, -0.25) is 9.48 Å². The number of halogens is 3. The monoisotopic (exact) mass is 284 g/mol. The standard InChI is InChI=1S/C13H11F3N2O2/c1-3-18-12(10(20-2)6-17-18)13(19)11-8(15)4-7(14)5-9(11)16/h4-6H,3H2,1-2H3. The average Bonchev–Trinajstić information content (AvgIpc) is 2.79. The molecule has 1 aromatic carbocycles. The van der Waals surface area contributed by atoms with Crippen LogP contribution in [0, 0.1) is 17.5 Å². The summed E-state index contributed by atoms with van der Waals surface area (Å²) in [6, 6.07) is 0.908. The maximum Gasteiger partial charge on any atom is 0.220 e. The molecule has 0 aliphatic rings. The summed E-state index contributed by atoms with van der Waals surface area (Å²) in [7, 11) is 1.31. The topological polar surface area (TPSA) is 44.1 Å². The molecule has 0 saturated carbocycles. The van der Waals surface area contributed by atoms with Crippen molar-refractivity contribution >= 4 is 5.78 Å². The number of nitrogens with zero attached hydrogens (tertiary/aromatic N) is 2. The van der Waals surface area contributed by atoms with Crippen LogP contribution < -0.4 is 4.74 Å². The molecule has 0 radical (unpaired) electrons. The molecule has 0 unspecified atom stereocenters. The van der Waals surface area contributed by atoms with Crippen LogP contribution in [0.1, 0.15) is 23.0 Å². The van der Waals surface area contributed by atoms with Crippen LogP contribution in [-0.2, 0) is 6.54 Å². The molecule has 0 saturated heterocycles. The van der Waals surface area contributed by atoms with Gasteiger partial charge in [-0.1, -0.05) is 0 Å².